The van der Waals surface area contributed by atoms with Crippen LogP contribution in [0.3, 0.4) is 0 Å². The minimum atomic E-state index is -0.404. The summed E-state index contributed by atoms with van der Waals surface area (Å²) in [7, 11) is 0. The van der Waals surface area contributed by atoms with Gasteiger partial charge >= 0.3 is 0 Å². The summed E-state index contributed by atoms with van der Waals surface area (Å²) in [6.45, 7) is 1.76. The first-order valence-electron chi connectivity index (χ1n) is 8.71. The SMILES string of the molecule is NCCCCCOc1nn(Cc2ccccc2)c2ccc([N+](=O)[O-])cc12. The number of rotatable bonds is 9. The molecule has 0 spiro atoms. The van der Waals surface area contributed by atoms with E-state index in [1.54, 1.807) is 6.07 Å². The smallest absolute Gasteiger partial charge is 0.270 e. The third-order valence-corrected chi connectivity index (χ3v) is 4.17. The predicted octanol–water partition coefficient (Wildman–Crippen LogP) is 3.50. The van der Waals surface area contributed by atoms with Crippen molar-refractivity contribution in [1.29, 1.82) is 0 Å². The van der Waals surface area contributed by atoms with Crippen LogP contribution in [0.4, 0.5) is 5.69 Å². The lowest BCUT2D eigenvalue weighted by Crippen LogP contribution is -2.04. The number of nitro groups is 1. The van der Waals surface area contributed by atoms with E-state index in [-0.39, 0.29) is 5.69 Å². The summed E-state index contributed by atoms with van der Waals surface area (Å²) in [6, 6.07) is 14.7. The van der Waals surface area contributed by atoms with Gasteiger partial charge < -0.3 is 10.5 Å². The van der Waals surface area contributed by atoms with Crippen molar-refractivity contribution in [1.82, 2.24) is 9.78 Å². The third kappa shape index (κ3) is 4.18. The molecule has 0 aliphatic rings. The predicted molar refractivity (Wildman–Crippen MR) is 100 cm³/mol. The molecule has 0 saturated carbocycles. The average molecular weight is 354 g/mol. The number of nitrogens with zero attached hydrogens (tertiary/aromatic N) is 3. The monoisotopic (exact) mass is 354 g/mol. The van der Waals surface area contributed by atoms with Crippen molar-refractivity contribution in [3.05, 3.63) is 64.2 Å². The van der Waals surface area contributed by atoms with Gasteiger partial charge in [-0.15, -0.1) is 5.10 Å². The minimum Gasteiger partial charge on any atom is -0.476 e. The Hall–Kier alpha value is -2.93. The molecule has 0 aliphatic carbocycles. The van der Waals surface area contributed by atoms with E-state index in [1.165, 1.54) is 12.1 Å². The van der Waals surface area contributed by atoms with E-state index in [2.05, 4.69) is 5.10 Å². The Balaban J connectivity index is 1.88. The summed E-state index contributed by atoms with van der Waals surface area (Å²) in [4.78, 5) is 10.7. The standard InChI is InChI=1S/C19H22N4O3/c20-11-5-2-6-12-26-19-17-13-16(23(24)25)9-10-18(17)22(21-19)14-15-7-3-1-4-8-15/h1,3-4,7-10,13H,2,5-6,11-12,14,20H2. The fourth-order valence-corrected chi connectivity index (χ4v) is 2.83. The highest BCUT2D eigenvalue weighted by atomic mass is 16.6. The summed E-state index contributed by atoms with van der Waals surface area (Å²) in [5.41, 5.74) is 7.45. The van der Waals surface area contributed by atoms with Gasteiger partial charge in [0, 0.05) is 12.1 Å². The van der Waals surface area contributed by atoms with Gasteiger partial charge in [0.25, 0.3) is 5.69 Å². The molecule has 1 aromatic heterocycles. The Kier molecular flexibility index (Phi) is 5.80. The molecule has 2 aromatic carbocycles. The Labute approximate surface area is 151 Å². The minimum absolute atomic E-state index is 0.0322. The second kappa shape index (κ2) is 8.44. The number of non-ortho nitro benzene ring substituents is 1. The van der Waals surface area contributed by atoms with Gasteiger partial charge in [-0.25, -0.2) is 0 Å². The molecule has 0 saturated heterocycles. The van der Waals surface area contributed by atoms with Crippen LogP contribution in [0, 0.1) is 10.1 Å². The van der Waals surface area contributed by atoms with Crippen molar-refractivity contribution in [3.63, 3.8) is 0 Å². The molecule has 3 rings (SSSR count). The molecule has 2 N–H and O–H groups in total. The number of nitrogens with two attached hydrogens (primary N) is 1. The van der Waals surface area contributed by atoms with Gasteiger partial charge in [-0.1, -0.05) is 30.3 Å². The molecule has 7 nitrogen and oxygen atoms in total. The van der Waals surface area contributed by atoms with Crippen LogP contribution < -0.4 is 10.5 Å². The molecule has 0 bridgehead atoms. The van der Waals surface area contributed by atoms with Gasteiger partial charge in [0.05, 0.1) is 29.0 Å². The number of ether oxygens (including phenoxy) is 1. The van der Waals surface area contributed by atoms with Crippen molar-refractivity contribution >= 4 is 16.6 Å². The van der Waals surface area contributed by atoms with Crippen molar-refractivity contribution in [3.8, 4) is 5.88 Å². The second-order valence-electron chi connectivity index (χ2n) is 6.10. The Bertz CT molecular complexity index is 877. The lowest BCUT2D eigenvalue weighted by atomic mass is 10.2. The lowest BCUT2D eigenvalue weighted by Gasteiger charge is -2.03. The molecule has 0 fully saturated rings. The zero-order valence-corrected chi connectivity index (χ0v) is 14.5. The van der Waals surface area contributed by atoms with Gasteiger partial charge in [0.2, 0.25) is 5.88 Å². The molecule has 0 aliphatic heterocycles. The van der Waals surface area contributed by atoms with Crippen LogP contribution in [0.1, 0.15) is 24.8 Å². The number of aromatic nitrogens is 2. The molecule has 136 valence electrons. The van der Waals surface area contributed by atoms with Crippen LogP contribution in [0.15, 0.2) is 48.5 Å². The highest BCUT2D eigenvalue weighted by Gasteiger charge is 2.16. The normalized spacial score (nSPS) is 11.0. The van der Waals surface area contributed by atoms with Gasteiger partial charge in [0.15, 0.2) is 0 Å². The van der Waals surface area contributed by atoms with Crippen LogP contribution in [-0.4, -0.2) is 27.9 Å². The summed E-state index contributed by atoms with van der Waals surface area (Å²) in [6.07, 6.45) is 2.82. The molecule has 7 heteroatoms. The quantitative estimate of drug-likeness (QED) is 0.360. The number of fused-ring (bicyclic) bond motifs is 1. The fourth-order valence-electron chi connectivity index (χ4n) is 2.83. The zero-order chi connectivity index (χ0) is 18.4. The van der Waals surface area contributed by atoms with Gasteiger partial charge in [0.1, 0.15) is 0 Å². The maximum atomic E-state index is 11.1. The number of hydrogen-bond acceptors (Lipinski definition) is 5. The molecule has 0 atom stereocenters. The van der Waals surface area contributed by atoms with Crippen molar-refractivity contribution in [2.75, 3.05) is 13.2 Å². The van der Waals surface area contributed by atoms with E-state index in [9.17, 15) is 10.1 Å². The van der Waals surface area contributed by atoms with E-state index in [4.69, 9.17) is 10.5 Å². The van der Waals surface area contributed by atoms with Gasteiger partial charge in [-0.2, -0.15) is 0 Å². The van der Waals surface area contributed by atoms with Crippen LogP contribution >= 0.6 is 0 Å². The van der Waals surface area contributed by atoms with E-state index < -0.39 is 4.92 Å². The summed E-state index contributed by atoms with van der Waals surface area (Å²) >= 11 is 0. The maximum absolute atomic E-state index is 11.1. The average Bonchev–Trinajstić information content (AvgIpc) is 2.99. The van der Waals surface area contributed by atoms with Crippen molar-refractivity contribution < 1.29 is 9.66 Å². The second-order valence-corrected chi connectivity index (χ2v) is 6.10. The lowest BCUT2D eigenvalue weighted by molar-refractivity contribution is -0.384. The molecule has 0 amide bonds. The Morgan fingerprint density at radius 3 is 2.65 bits per heavy atom. The molecule has 3 aromatic rings. The summed E-state index contributed by atoms with van der Waals surface area (Å²) in [5.74, 6) is 0.437. The number of unbranched alkanes of at least 4 members (excludes halogenated alkanes) is 2. The van der Waals surface area contributed by atoms with Crippen LogP contribution in [0.2, 0.25) is 0 Å². The summed E-state index contributed by atoms with van der Waals surface area (Å²) in [5, 5.41) is 16.3. The zero-order valence-electron chi connectivity index (χ0n) is 14.5. The fraction of sp³-hybridized carbons (Fsp3) is 0.316. The van der Waals surface area contributed by atoms with E-state index in [1.807, 2.05) is 35.0 Å². The van der Waals surface area contributed by atoms with Crippen LogP contribution in [-0.2, 0) is 6.54 Å². The van der Waals surface area contributed by atoms with Crippen LogP contribution in [0.25, 0.3) is 10.9 Å². The summed E-state index contributed by atoms with van der Waals surface area (Å²) < 4.78 is 7.65. The Morgan fingerprint density at radius 1 is 1.12 bits per heavy atom. The molecule has 0 unspecified atom stereocenters. The highest BCUT2D eigenvalue weighted by molar-refractivity contribution is 5.86. The topological polar surface area (TPSA) is 96.2 Å². The first-order chi connectivity index (χ1) is 12.7. The van der Waals surface area contributed by atoms with Crippen molar-refractivity contribution in [2.45, 2.75) is 25.8 Å². The number of hydrogen-bond donors (Lipinski definition) is 1. The first kappa shape index (κ1) is 17.9. The molecule has 0 radical (unpaired) electrons. The molecular formula is C19H22N4O3. The van der Waals surface area contributed by atoms with E-state index in [0.29, 0.717) is 31.0 Å². The van der Waals surface area contributed by atoms with E-state index >= 15 is 0 Å². The third-order valence-electron chi connectivity index (χ3n) is 4.17. The number of benzene rings is 2. The maximum Gasteiger partial charge on any atom is 0.270 e. The largest absolute Gasteiger partial charge is 0.476 e. The van der Waals surface area contributed by atoms with Gasteiger partial charge in [-0.3, -0.25) is 14.8 Å². The van der Waals surface area contributed by atoms with Gasteiger partial charge in [-0.05, 0) is 37.4 Å². The Morgan fingerprint density at radius 2 is 1.92 bits per heavy atom. The molecule has 26 heavy (non-hydrogen) atoms. The highest BCUT2D eigenvalue weighted by Crippen LogP contribution is 2.29. The van der Waals surface area contributed by atoms with Crippen LogP contribution in [0.5, 0.6) is 5.88 Å². The molecular weight excluding hydrogens is 332 g/mol. The van der Waals surface area contributed by atoms with Crippen molar-refractivity contribution in [2.24, 2.45) is 5.73 Å². The molecule has 1 heterocycles. The first-order valence-corrected chi connectivity index (χ1v) is 8.71. The number of nitro benzene ring substituents is 1. The van der Waals surface area contributed by atoms with E-state index in [0.717, 1.165) is 30.3 Å².